The molecule has 126 valence electrons. The number of anilines is 1. The minimum Gasteiger partial charge on any atom is -0.351 e. The maximum absolute atomic E-state index is 12.1. The zero-order valence-corrected chi connectivity index (χ0v) is 14.7. The van der Waals surface area contributed by atoms with Gasteiger partial charge in [-0.1, -0.05) is 23.2 Å². The maximum atomic E-state index is 12.1. The fraction of sp³-hybridized carbons (Fsp3) is 0.429. The van der Waals surface area contributed by atoms with Gasteiger partial charge in [0.25, 0.3) is 0 Å². The van der Waals surface area contributed by atoms with Crippen molar-refractivity contribution < 1.29 is 18.0 Å². The van der Waals surface area contributed by atoms with E-state index in [1.807, 2.05) is 0 Å². The number of nitrogens with zero attached hydrogens (tertiary/aromatic N) is 1. The lowest BCUT2D eigenvalue weighted by atomic mass is 10.2. The Balaban J connectivity index is 2.08. The van der Waals surface area contributed by atoms with Crippen LogP contribution < -0.4 is 10.2 Å². The normalized spacial score (nSPS) is 19.3. The van der Waals surface area contributed by atoms with Gasteiger partial charge in [0.2, 0.25) is 11.8 Å². The molecule has 0 radical (unpaired) electrons. The number of hydrogen-bond acceptors (Lipinski definition) is 4. The first-order chi connectivity index (χ1) is 10.7. The lowest BCUT2D eigenvalue weighted by Gasteiger charge is -2.23. The average Bonchev–Trinajstić information content (AvgIpc) is 2.75. The van der Waals surface area contributed by atoms with E-state index in [9.17, 15) is 18.0 Å². The third-order valence-electron chi connectivity index (χ3n) is 3.48. The molecule has 9 heteroatoms. The van der Waals surface area contributed by atoms with Crippen LogP contribution in [0.3, 0.4) is 0 Å². The summed E-state index contributed by atoms with van der Waals surface area (Å²) in [6.07, 6.45) is 0.385. The van der Waals surface area contributed by atoms with Gasteiger partial charge < -0.3 is 10.2 Å². The first-order valence-corrected chi connectivity index (χ1v) is 9.48. The van der Waals surface area contributed by atoms with Crippen molar-refractivity contribution in [2.45, 2.75) is 19.4 Å². The van der Waals surface area contributed by atoms with E-state index >= 15 is 0 Å². The van der Waals surface area contributed by atoms with Crippen molar-refractivity contribution in [3.63, 3.8) is 0 Å². The van der Waals surface area contributed by atoms with Crippen LogP contribution in [-0.4, -0.2) is 44.3 Å². The molecule has 1 atom stereocenters. The number of carbonyl (C=O) groups excluding carboxylic acids is 2. The molecule has 1 heterocycles. The molecule has 23 heavy (non-hydrogen) atoms. The van der Waals surface area contributed by atoms with Crippen LogP contribution in [0.25, 0.3) is 0 Å². The fourth-order valence-electron chi connectivity index (χ4n) is 2.39. The van der Waals surface area contributed by atoms with Crippen LogP contribution in [0, 0.1) is 0 Å². The molecular weight excluding hydrogens is 363 g/mol. The summed E-state index contributed by atoms with van der Waals surface area (Å²) >= 11 is 11.9. The van der Waals surface area contributed by atoms with E-state index in [4.69, 9.17) is 23.2 Å². The Hall–Kier alpha value is -1.31. The SMILES string of the molecule is CC(=O)N(CC(=O)NC1CCS(=O)(=O)C1)c1ccc(Cl)cc1Cl. The van der Waals surface area contributed by atoms with Crippen molar-refractivity contribution in [3.05, 3.63) is 28.2 Å². The Morgan fingerprint density at radius 1 is 1.35 bits per heavy atom. The van der Waals surface area contributed by atoms with Crippen LogP contribution in [-0.2, 0) is 19.4 Å². The van der Waals surface area contributed by atoms with E-state index in [1.165, 1.54) is 17.9 Å². The molecule has 0 aliphatic carbocycles. The number of carbonyl (C=O) groups is 2. The smallest absolute Gasteiger partial charge is 0.240 e. The van der Waals surface area contributed by atoms with Crippen molar-refractivity contribution in [2.75, 3.05) is 23.0 Å². The number of hydrogen-bond donors (Lipinski definition) is 1. The maximum Gasteiger partial charge on any atom is 0.240 e. The van der Waals surface area contributed by atoms with Crippen molar-refractivity contribution in [2.24, 2.45) is 0 Å². The van der Waals surface area contributed by atoms with Gasteiger partial charge in [0.15, 0.2) is 9.84 Å². The van der Waals surface area contributed by atoms with Crippen molar-refractivity contribution >= 4 is 50.5 Å². The highest BCUT2D eigenvalue weighted by Gasteiger charge is 2.29. The molecule has 0 saturated carbocycles. The van der Waals surface area contributed by atoms with Gasteiger partial charge in [0.1, 0.15) is 6.54 Å². The Bertz CT molecular complexity index is 736. The second-order valence-corrected chi connectivity index (χ2v) is 8.44. The van der Waals surface area contributed by atoms with Crippen LogP contribution in [0.5, 0.6) is 0 Å². The molecule has 2 amide bonds. The number of amides is 2. The second-order valence-electron chi connectivity index (χ2n) is 5.37. The summed E-state index contributed by atoms with van der Waals surface area (Å²) < 4.78 is 22.8. The highest BCUT2D eigenvalue weighted by atomic mass is 35.5. The minimum atomic E-state index is -3.08. The molecule has 1 fully saturated rings. The van der Waals surface area contributed by atoms with Crippen molar-refractivity contribution in [1.29, 1.82) is 0 Å². The Labute approximate surface area is 144 Å². The molecule has 1 saturated heterocycles. The highest BCUT2D eigenvalue weighted by Crippen LogP contribution is 2.28. The summed E-state index contributed by atoms with van der Waals surface area (Å²) in [6, 6.07) is 4.19. The molecule has 0 aromatic heterocycles. The largest absolute Gasteiger partial charge is 0.351 e. The van der Waals surface area contributed by atoms with E-state index in [2.05, 4.69) is 5.32 Å². The van der Waals surface area contributed by atoms with Crippen LogP contribution in [0.4, 0.5) is 5.69 Å². The molecule has 1 aliphatic rings. The molecule has 0 bridgehead atoms. The van der Waals surface area contributed by atoms with Gasteiger partial charge >= 0.3 is 0 Å². The van der Waals surface area contributed by atoms with Crippen LogP contribution in [0.2, 0.25) is 10.0 Å². The molecule has 1 aromatic rings. The molecule has 1 N–H and O–H groups in total. The summed E-state index contributed by atoms with van der Waals surface area (Å²) in [5.41, 5.74) is 0.373. The molecule has 2 rings (SSSR count). The highest BCUT2D eigenvalue weighted by molar-refractivity contribution is 7.91. The summed E-state index contributed by atoms with van der Waals surface area (Å²) in [4.78, 5) is 25.1. The standard InChI is InChI=1S/C14H16Cl2N2O4S/c1-9(19)18(13-3-2-10(15)6-12(13)16)7-14(20)17-11-4-5-23(21,22)8-11/h2-3,6,11H,4-5,7-8H2,1H3,(H,17,20). The fourth-order valence-corrected chi connectivity index (χ4v) is 4.58. The predicted molar refractivity (Wildman–Crippen MR) is 89.7 cm³/mol. The van der Waals surface area contributed by atoms with Crippen molar-refractivity contribution in [3.8, 4) is 0 Å². The van der Waals surface area contributed by atoms with Crippen LogP contribution in [0.15, 0.2) is 18.2 Å². The number of halogens is 2. The summed E-state index contributed by atoms with van der Waals surface area (Å²) in [7, 11) is -3.08. The van der Waals surface area contributed by atoms with Gasteiger partial charge in [-0.05, 0) is 24.6 Å². The van der Waals surface area contributed by atoms with Crippen LogP contribution >= 0.6 is 23.2 Å². The molecule has 6 nitrogen and oxygen atoms in total. The number of benzene rings is 1. The zero-order chi connectivity index (χ0) is 17.2. The summed E-state index contributed by atoms with van der Waals surface area (Å²) in [5, 5.41) is 3.31. The third-order valence-corrected chi connectivity index (χ3v) is 5.79. The molecular formula is C14H16Cl2N2O4S. The van der Waals surface area contributed by atoms with E-state index in [0.717, 1.165) is 0 Å². The number of sulfone groups is 1. The van der Waals surface area contributed by atoms with Gasteiger partial charge in [0.05, 0.1) is 22.2 Å². The molecule has 1 aromatic carbocycles. The number of nitrogens with one attached hydrogen (secondary N) is 1. The second kappa shape index (κ2) is 7.07. The summed E-state index contributed by atoms with van der Waals surface area (Å²) in [5.74, 6) is -0.797. The lowest BCUT2D eigenvalue weighted by molar-refractivity contribution is -0.123. The first kappa shape index (κ1) is 18.0. The monoisotopic (exact) mass is 378 g/mol. The summed E-state index contributed by atoms with van der Waals surface area (Å²) in [6.45, 7) is 1.07. The van der Waals surface area contributed by atoms with Crippen LogP contribution in [0.1, 0.15) is 13.3 Å². The quantitative estimate of drug-likeness (QED) is 0.862. The molecule has 1 aliphatic heterocycles. The van der Waals surface area contributed by atoms with Gasteiger partial charge in [-0.3, -0.25) is 9.59 Å². The van der Waals surface area contributed by atoms with E-state index < -0.39 is 21.8 Å². The Kier molecular flexibility index (Phi) is 5.54. The predicted octanol–water partition coefficient (Wildman–Crippen LogP) is 1.65. The van der Waals surface area contributed by atoms with E-state index in [0.29, 0.717) is 17.1 Å². The first-order valence-electron chi connectivity index (χ1n) is 6.91. The van der Waals surface area contributed by atoms with Gasteiger partial charge in [-0.15, -0.1) is 0 Å². The van der Waals surface area contributed by atoms with Gasteiger partial charge in [-0.2, -0.15) is 0 Å². The molecule has 1 unspecified atom stereocenters. The minimum absolute atomic E-state index is 0.0668. The zero-order valence-electron chi connectivity index (χ0n) is 12.4. The van der Waals surface area contributed by atoms with E-state index in [1.54, 1.807) is 12.1 Å². The Morgan fingerprint density at radius 2 is 2.04 bits per heavy atom. The van der Waals surface area contributed by atoms with Crippen molar-refractivity contribution in [1.82, 2.24) is 5.32 Å². The average molecular weight is 379 g/mol. The lowest BCUT2D eigenvalue weighted by Crippen LogP contribution is -2.44. The van der Waals surface area contributed by atoms with Gasteiger partial charge in [0, 0.05) is 18.0 Å². The van der Waals surface area contributed by atoms with E-state index in [-0.39, 0.29) is 29.0 Å². The molecule has 0 spiro atoms. The number of rotatable bonds is 4. The topological polar surface area (TPSA) is 83.6 Å². The Morgan fingerprint density at radius 3 is 2.57 bits per heavy atom. The van der Waals surface area contributed by atoms with Gasteiger partial charge in [-0.25, -0.2) is 8.42 Å². The third kappa shape index (κ3) is 4.83.